The number of carbonyl (C=O) groups excluding carboxylic acids is 2. The van der Waals surface area contributed by atoms with Crippen LogP contribution in [0, 0.1) is 11.7 Å². The lowest BCUT2D eigenvalue weighted by Gasteiger charge is -2.41. The number of carbonyl (C=O) groups is 2. The van der Waals surface area contributed by atoms with Crippen molar-refractivity contribution in [3.05, 3.63) is 63.1 Å². The number of likely N-dealkylation sites (tertiary alicyclic amines) is 1. The minimum absolute atomic E-state index is 0.0955. The van der Waals surface area contributed by atoms with Crippen LogP contribution in [0.15, 0.2) is 29.1 Å². The van der Waals surface area contributed by atoms with E-state index in [2.05, 4.69) is 5.32 Å². The summed E-state index contributed by atoms with van der Waals surface area (Å²) in [6, 6.07) is 4.89. The van der Waals surface area contributed by atoms with Crippen molar-refractivity contribution in [2.24, 2.45) is 5.92 Å². The number of piperidine rings is 1. The number of amides is 2. The molecule has 3 fully saturated rings. The summed E-state index contributed by atoms with van der Waals surface area (Å²) >= 11 is 0. The van der Waals surface area contributed by atoms with Gasteiger partial charge in [-0.15, -0.1) is 5.10 Å². The van der Waals surface area contributed by atoms with E-state index in [1.54, 1.807) is 17.0 Å². The molecule has 2 aromatic heterocycles. The maximum Gasteiger partial charge on any atom is 0.410 e. The summed E-state index contributed by atoms with van der Waals surface area (Å²) in [6.45, 7) is 7.41. The molecule has 5 aliphatic rings. The standard InChI is InChI=1S/C34H39FN6O5/c1-33(2,3)46-32(44)39-12-10-34(11-13-39)24-17-23(24)28-27(34)30(43)41-31(37-29(38-41)20-8-14-45-15-9-20)40(28)18-26(42)36-21-6-7-22(19-4-5-19)25(35)16-21/h6-8,16,19,23-24H,4-5,9-15,17-18H2,1-3H3,(H,36,42)/t23-,24+/m0/s1. The SMILES string of the molecule is CC(C)(C)OC(=O)N1CCC2(CC1)c1c(n(CC(=O)Nc3ccc(C4CC4)c(F)c3)c3nc(C4=CCOCC4)nn3c1=O)[C@H]1C[C@H]12. The second kappa shape index (κ2) is 10.5. The molecule has 3 aromatic rings. The van der Waals surface area contributed by atoms with E-state index in [0.717, 1.165) is 30.5 Å². The molecular formula is C34H39FN6O5. The van der Waals surface area contributed by atoms with Crippen LogP contribution in [0.1, 0.15) is 93.8 Å². The van der Waals surface area contributed by atoms with E-state index in [0.29, 0.717) is 74.0 Å². The third kappa shape index (κ3) is 4.92. The van der Waals surface area contributed by atoms with Gasteiger partial charge in [0.1, 0.15) is 18.0 Å². The first kappa shape index (κ1) is 29.3. The molecule has 2 saturated carbocycles. The number of ether oxygens (including phenoxy) is 2. The number of benzene rings is 1. The van der Waals surface area contributed by atoms with Gasteiger partial charge in [-0.2, -0.15) is 9.50 Å². The van der Waals surface area contributed by atoms with Crippen LogP contribution in [0.4, 0.5) is 14.9 Å². The van der Waals surface area contributed by atoms with Crippen LogP contribution in [0.25, 0.3) is 11.4 Å². The molecule has 12 heteroatoms. The number of nitrogens with one attached hydrogen (secondary N) is 1. The highest BCUT2D eigenvalue weighted by Crippen LogP contribution is 2.67. The Kier molecular flexibility index (Phi) is 6.69. The van der Waals surface area contributed by atoms with E-state index in [4.69, 9.17) is 19.6 Å². The maximum atomic E-state index is 14.8. The Morgan fingerprint density at radius 2 is 1.98 bits per heavy atom. The van der Waals surface area contributed by atoms with Crippen molar-refractivity contribution in [1.82, 2.24) is 24.1 Å². The number of nitrogens with zero attached hydrogens (tertiary/aromatic N) is 5. The number of halogens is 1. The molecule has 4 heterocycles. The van der Waals surface area contributed by atoms with Crippen LogP contribution in [0.5, 0.6) is 0 Å². The van der Waals surface area contributed by atoms with Crippen molar-refractivity contribution >= 4 is 29.0 Å². The van der Waals surface area contributed by atoms with Gasteiger partial charge in [0.05, 0.1) is 13.2 Å². The van der Waals surface area contributed by atoms with E-state index in [9.17, 15) is 18.8 Å². The van der Waals surface area contributed by atoms with E-state index in [1.165, 1.54) is 10.6 Å². The molecule has 0 unspecified atom stereocenters. The molecule has 3 aliphatic carbocycles. The smallest absolute Gasteiger partial charge is 0.410 e. The lowest BCUT2D eigenvalue weighted by atomic mass is 9.71. The minimum Gasteiger partial charge on any atom is -0.444 e. The third-order valence-electron chi connectivity index (χ3n) is 10.3. The molecule has 1 spiro atoms. The summed E-state index contributed by atoms with van der Waals surface area (Å²) in [6.07, 6.45) is 6.36. The predicted octanol–water partition coefficient (Wildman–Crippen LogP) is 4.74. The first-order valence-corrected chi connectivity index (χ1v) is 16.4. The Bertz CT molecular complexity index is 1860. The van der Waals surface area contributed by atoms with Crippen molar-refractivity contribution in [3.63, 3.8) is 0 Å². The zero-order valence-electron chi connectivity index (χ0n) is 26.5. The molecule has 8 rings (SSSR count). The van der Waals surface area contributed by atoms with Crippen molar-refractivity contribution < 1.29 is 23.5 Å². The van der Waals surface area contributed by atoms with Gasteiger partial charge < -0.3 is 24.3 Å². The molecule has 0 bridgehead atoms. The fourth-order valence-corrected chi connectivity index (χ4v) is 7.95. The van der Waals surface area contributed by atoms with Gasteiger partial charge in [0, 0.05) is 41.4 Å². The Balaban J connectivity index is 1.16. The minimum atomic E-state index is -0.594. The number of rotatable bonds is 5. The van der Waals surface area contributed by atoms with Gasteiger partial charge in [-0.05, 0) is 94.4 Å². The highest BCUT2D eigenvalue weighted by molar-refractivity contribution is 5.91. The maximum absolute atomic E-state index is 14.8. The van der Waals surface area contributed by atoms with Gasteiger partial charge in [0.2, 0.25) is 11.7 Å². The molecule has 1 N–H and O–H groups in total. The quantitative estimate of drug-likeness (QED) is 0.433. The van der Waals surface area contributed by atoms with Crippen LogP contribution < -0.4 is 10.9 Å². The second-order valence-electron chi connectivity index (χ2n) is 14.5. The van der Waals surface area contributed by atoms with E-state index in [-0.39, 0.29) is 47.7 Å². The molecule has 46 heavy (non-hydrogen) atoms. The normalized spacial score (nSPS) is 23.2. The molecule has 11 nitrogen and oxygen atoms in total. The Hall–Kier alpha value is -4.06. The molecule has 2 amide bonds. The number of anilines is 1. The summed E-state index contributed by atoms with van der Waals surface area (Å²) in [4.78, 5) is 47.4. The summed E-state index contributed by atoms with van der Waals surface area (Å²) in [5, 5.41) is 7.57. The van der Waals surface area contributed by atoms with Crippen molar-refractivity contribution in [3.8, 4) is 0 Å². The summed E-state index contributed by atoms with van der Waals surface area (Å²) in [5.41, 5.74) is 2.31. The van der Waals surface area contributed by atoms with E-state index in [1.807, 2.05) is 31.4 Å². The largest absolute Gasteiger partial charge is 0.444 e. The topological polar surface area (TPSA) is 120 Å². The first-order chi connectivity index (χ1) is 22.0. The van der Waals surface area contributed by atoms with Crippen LogP contribution in [-0.4, -0.2) is 68.0 Å². The first-order valence-electron chi connectivity index (χ1n) is 16.4. The van der Waals surface area contributed by atoms with Gasteiger partial charge in [-0.1, -0.05) is 12.1 Å². The second-order valence-corrected chi connectivity index (χ2v) is 14.5. The monoisotopic (exact) mass is 630 g/mol. The van der Waals surface area contributed by atoms with Gasteiger partial charge in [0.25, 0.3) is 5.56 Å². The highest BCUT2D eigenvalue weighted by Gasteiger charge is 2.64. The van der Waals surface area contributed by atoms with Gasteiger partial charge in [0.15, 0.2) is 5.82 Å². The lowest BCUT2D eigenvalue weighted by Crippen LogP contribution is -2.49. The lowest BCUT2D eigenvalue weighted by molar-refractivity contribution is -0.116. The summed E-state index contributed by atoms with van der Waals surface area (Å²) in [5.74, 6) is 0.774. The van der Waals surface area contributed by atoms with Crippen molar-refractivity contribution in [2.75, 3.05) is 31.6 Å². The van der Waals surface area contributed by atoms with E-state index < -0.39 is 11.0 Å². The van der Waals surface area contributed by atoms with Gasteiger partial charge in [-0.3, -0.25) is 9.59 Å². The summed E-state index contributed by atoms with van der Waals surface area (Å²) in [7, 11) is 0. The number of fused-ring (bicyclic) bond motifs is 6. The zero-order valence-corrected chi connectivity index (χ0v) is 26.5. The van der Waals surface area contributed by atoms with Crippen LogP contribution in [0.2, 0.25) is 0 Å². The number of hydrogen-bond acceptors (Lipinski definition) is 7. The molecular weight excluding hydrogens is 591 g/mol. The Morgan fingerprint density at radius 3 is 2.65 bits per heavy atom. The van der Waals surface area contributed by atoms with Crippen molar-refractivity contribution in [2.45, 2.75) is 88.7 Å². The van der Waals surface area contributed by atoms with Crippen LogP contribution >= 0.6 is 0 Å². The number of hydrogen-bond donors (Lipinski definition) is 1. The van der Waals surface area contributed by atoms with E-state index >= 15 is 0 Å². The third-order valence-corrected chi connectivity index (χ3v) is 10.3. The molecule has 1 aromatic carbocycles. The summed E-state index contributed by atoms with van der Waals surface area (Å²) < 4.78 is 29.1. The average molecular weight is 631 g/mol. The fraction of sp³-hybridized carbons (Fsp3) is 0.559. The Morgan fingerprint density at radius 1 is 1.20 bits per heavy atom. The molecule has 0 radical (unpaired) electrons. The molecule has 242 valence electrons. The van der Waals surface area contributed by atoms with Gasteiger partial charge in [-0.25, -0.2) is 9.18 Å². The molecule has 2 aliphatic heterocycles. The zero-order chi connectivity index (χ0) is 32.0. The van der Waals surface area contributed by atoms with Crippen LogP contribution in [-0.2, 0) is 26.2 Å². The Labute approximate surface area is 265 Å². The fourth-order valence-electron chi connectivity index (χ4n) is 7.95. The average Bonchev–Trinajstić information content (AvgIpc) is 3.94. The van der Waals surface area contributed by atoms with Crippen molar-refractivity contribution in [1.29, 1.82) is 0 Å². The molecule has 1 saturated heterocycles. The van der Waals surface area contributed by atoms with Crippen LogP contribution in [0.3, 0.4) is 0 Å². The predicted molar refractivity (Wildman–Crippen MR) is 167 cm³/mol. The van der Waals surface area contributed by atoms with Gasteiger partial charge >= 0.3 is 6.09 Å². The molecule has 2 atom stereocenters. The highest BCUT2D eigenvalue weighted by atomic mass is 19.1. The number of aromatic nitrogens is 4.